The molecule has 0 radical (unpaired) electrons. The predicted molar refractivity (Wildman–Crippen MR) is 211 cm³/mol. The molecule has 54 heavy (non-hydrogen) atoms. The van der Waals surface area contributed by atoms with Gasteiger partial charge in [-0.25, -0.2) is 0 Å². The topological polar surface area (TPSA) is 111 Å². The molecule has 8 heteroatoms. The van der Waals surface area contributed by atoms with E-state index >= 15 is 0 Å². The Morgan fingerprint density at radius 3 is 2.67 bits per heavy atom. The summed E-state index contributed by atoms with van der Waals surface area (Å²) in [5.41, 5.74) is 14.0. The Labute approximate surface area is 318 Å². The van der Waals surface area contributed by atoms with Crippen LogP contribution in [0.5, 0.6) is 11.5 Å². The van der Waals surface area contributed by atoms with Crippen LogP contribution in [0.15, 0.2) is 84.2 Å². The molecular weight excluding hydrogens is 675 g/mol. The van der Waals surface area contributed by atoms with Crippen LogP contribution in [0.1, 0.15) is 79.7 Å². The molecule has 1 fully saturated rings. The van der Waals surface area contributed by atoms with Gasteiger partial charge in [0.15, 0.2) is 11.5 Å². The van der Waals surface area contributed by atoms with Crippen LogP contribution in [0, 0.1) is 23.7 Å². The number of benzene rings is 3. The normalized spacial score (nSPS) is 26.8. The van der Waals surface area contributed by atoms with Crippen molar-refractivity contribution in [3.05, 3.63) is 112 Å². The second kappa shape index (κ2) is 14.6. The number of hydrogen-bond donors (Lipinski definition) is 4. The molecular formula is C46H51N3O5. The molecule has 8 nitrogen and oxygen atoms in total. The molecule has 4 aromatic rings. The molecule has 6 aliphatic rings. The number of ether oxygens (including phenoxy) is 3. The van der Waals surface area contributed by atoms with E-state index in [0.717, 1.165) is 95.8 Å². The minimum Gasteiger partial charge on any atom is -0.504 e. The number of phenolic OH excluding ortho intramolecular Hbond substituents is 1. The first-order chi connectivity index (χ1) is 26.3. The third-order valence-electron chi connectivity index (χ3n) is 12.7. The van der Waals surface area contributed by atoms with E-state index in [0.29, 0.717) is 32.0 Å². The lowest BCUT2D eigenvalue weighted by atomic mass is 9.68. The van der Waals surface area contributed by atoms with Crippen LogP contribution in [0.3, 0.4) is 0 Å². The quantitative estimate of drug-likeness (QED) is 0.164. The number of phenols is 1. The Hall–Kier alpha value is -4.52. The van der Waals surface area contributed by atoms with Gasteiger partial charge < -0.3 is 40.0 Å². The number of nitrogens with zero attached hydrogens (tertiary/aromatic N) is 1. The number of aliphatic hydroxyl groups excluding tert-OH is 1. The van der Waals surface area contributed by atoms with Crippen LogP contribution < -0.4 is 15.8 Å². The zero-order chi connectivity index (χ0) is 36.8. The van der Waals surface area contributed by atoms with Gasteiger partial charge in [-0.05, 0) is 104 Å². The zero-order valence-electron chi connectivity index (χ0n) is 31.2. The van der Waals surface area contributed by atoms with E-state index in [2.05, 4.69) is 83.5 Å². The highest BCUT2D eigenvalue weighted by molar-refractivity contribution is 5.88. The van der Waals surface area contributed by atoms with Gasteiger partial charge in [-0.2, -0.15) is 0 Å². The van der Waals surface area contributed by atoms with Crippen molar-refractivity contribution in [3.63, 3.8) is 0 Å². The Kier molecular flexibility index (Phi) is 9.53. The molecule has 1 unspecified atom stereocenters. The number of fused-ring (bicyclic) bond motifs is 3. The third-order valence-corrected chi connectivity index (χ3v) is 12.7. The van der Waals surface area contributed by atoms with Gasteiger partial charge >= 0.3 is 0 Å². The van der Waals surface area contributed by atoms with E-state index in [1.54, 1.807) is 6.07 Å². The first-order valence-corrected chi connectivity index (χ1v) is 19.9. The first kappa shape index (κ1) is 35.2. The molecule has 0 amide bonds. The number of aromatic hydroxyl groups is 1. The highest BCUT2D eigenvalue weighted by atomic mass is 16.5. The molecule has 5 atom stereocenters. The second-order valence-corrected chi connectivity index (χ2v) is 16.1. The van der Waals surface area contributed by atoms with Gasteiger partial charge in [0.05, 0.1) is 25.0 Å². The van der Waals surface area contributed by atoms with Crippen molar-refractivity contribution in [2.75, 3.05) is 19.8 Å². The Morgan fingerprint density at radius 1 is 0.963 bits per heavy atom. The van der Waals surface area contributed by atoms with Gasteiger partial charge in [0.25, 0.3) is 0 Å². The molecule has 8 bridgehead atoms. The number of aromatic nitrogens is 1. The Balaban J connectivity index is 1.25. The summed E-state index contributed by atoms with van der Waals surface area (Å²) in [6.45, 7) is 4.20. The summed E-state index contributed by atoms with van der Waals surface area (Å²) in [5.74, 6) is 8.89. The monoisotopic (exact) mass is 725 g/mol. The van der Waals surface area contributed by atoms with Crippen molar-refractivity contribution < 1.29 is 24.4 Å². The van der Waals surface area contributed by atoms with Crippen molar-refractivity contribution in [1.29, 1.82) is 0 Å². The van der Waals surface area contributed by atoms with Crippen LogP contribution >= 0.6 is 0 Å². The van der Waals surface area contributed by atoms with Gasteiger partial charge in [-0.3, -0.25) is 0 Å². The lowest BCUT2D eigenvalue weighted by Crippen LogP contribution is -2.40. The molecule has 1 saturated heterocycles. The maximum Gasteiger partial charge on any atom is 0.164 e. The van der Waals surface area contributed by atoms with Crippen LogP contribution in [0.25, 0.3) is 16.6 Å². The smallest absolute Gasteiger partial charge is 0.164 e. The van der Waals surface area contributed by atoms with Crippen molar-refractivity contribution in [2.24, 2.45) is 17.6 Å². The number of nitrogens with one attached hydrogen (secondary N) is 1. The van der Waals surface area contributed by atoms with Crippen molar-refractivity contribution in [1.82, 2.24) is 9.88 Å². The average Bonchev–Trinajstić information content (AvgIpc) is 3.62. The van der Waals surface area contributed by atoms with Gasteiger partial charge in [-0.1, -0.05) is 61.2 Å². The number of rotatable bonds is 2. The third kappa shape index (κ3) is 6.62. The van der Waals surface area contributed by atoms with E-state index in [4.69, 9.17) is 19.9 Å². The summed E-state index contributed by atoms with van der Waals surface area (Å²) < 4.78 is 21.6. The molecule has 5 N–H and O–H groups in total. The first-order valence-electron chi connectivity index (χ1n) is 19.9. The van der Waals surface area contributed by atoms with Gasteiger partial charge in [-0.15, -0.1) is 0 Å². The molecule has 6 heterocycles. The highest BCUT2D eigenvalue weighted by Gasteiger charge is 2.37. The molecule has 1 aromatic heterocycles. The van der Waals surface area contributed by atoms with Crippen LogP contribution in [0.2, 0.25) is 0 Å². The molecule has 0 saturated carbocycles. The van der Waals surface area contributed by atoms with Gasteiger partial charge in [0.1, 0.15) is 12.4 Å². The zero-order valence-corrected chi connectivity index (χ0v) is 31.2. The Morgan fingerprint density at radius 2 is 1.81 bits per heavy atom. The highest BCUT2D eigenvalue weighted by Crippen LogP contribution is 2.45. The lowest BCUT2D eigenvalue weighted by molar-refractivity contribution is -0.00219. The molecule has 5 aliphatic heterocycles. The van der Waals surface area contributed by atoms with Gasteiger partial charge in [0.2, 0.25) is 0 Å². The van der Waals surface area contributed by atoms with E-state index in [1.807, 2.05) is 12.1 Å². The second-order valence-electron chi connectivity index (χ2n) is 16.1. The summed E-state index contributed by atoms with van der Waals surface area (Å²) in [6, 6.07) is 19.2. The summed E-state index contributed by atoms with van der Waals surface area (Å²) in [4.78, 5) is 0. The number of dihydropyridines is 1. The van der Waals surface area contributed by atoms with Crippen molar-refractivity contribution in [3.8, 4) is 23.3 Å². The maximum absolute atomic E-state index is 11.7. The molecule has 10 rings (SSSR count). The molecule has 0 spiro atoms. The van der Waals surface area contributed by atoms with Crippen molar-refractivity contribution >= 4 is 16.6 Å². The van der Waals surface area contributed by atoms with E-state index < -0.39 is 12.3 Å². The average molecular weight is 726 g/mol. The number of hydrogen-bond acceptors (Lipinski definition) is 7. The standard InChI is InChI=1S/C46H51N3O5/c1-29-6-5-9-37-24-42(51)32-12-14-38-30(20-32)13-15-41(50)44(38)54-27-34-22-36(46(16-18-52-19-17-46)35-7-3-2-4-8-35)21-33-25-49(26-39(33)34)45-40(28-53-37)31(11-10-29)23-43(47)48-45/h2-4,7-8,13,15,21-23,25-26,29,32,37,42-43,48,50-51H,5-6,9,12,14,16-20,24,27-28,47H2,1H3/t29-,32+,37-,42-,43?/m0/s1. The minimum atomic E-state index is -0.509. The van der Waals surface area contributed by atoms with E-state index in [9.17, 15) is 10.2 Å². The maximum atomic E-state index is 11.7. The van der Waals surface area contributed by atoms with E-state index in [-0.39, 0.29) is 35.7 Å². The summed E-state index contributed by atoms with van der Waals surface area (Å²) in [5, 5.41) is 28.7. The van der Waals surface area contributed by atoms with Crippen molar-refractivity contribution in [2.45, 2.75) is 95.1 Å². The van der Waals surface area contributed by atoms with Crippen LogP contribution in [-0.2, 0) is 34.3 Å². The lowest BCUT2D eigenvalue weighted by Gasteiger charge is -2.39. The minimum absolute atomic E-state index is 0.0960. The number of aliphatic hydroxyl groups is 1. The summed E-state index contributed by atoms with van der Waals surface area (Å²) >= 11 is 0. The fourth-order valence-electron chi connectivity index (χ4n) is 9.59. The molecule has 3 aromatic carbocycles. The fourth-order valence-corrected chi connectivity index (χ4v) is 9.59. The molecule has 1 aliphatic carbocycles. The van der Waals surface area contributed by atoms with Crippen LogP contribution in [0.4, 0.5) is 0 Å². The predicted octanol–water partition coefficient (Wildman–Crippen LogP) is 7.08. The SMILES string of the molecule is C[C@@H]1C#CC2=CC(N)NC3=C2CO[C@@H](CCC1)C[C@H](O)[C@@H]1CCc2c(ccc(O)c2OCc2cc(C4(c5ccccc5)CCOCC4)cc4cn3cc24)C1. The summed E-state index contributed by atoms with van der Waals surface area (Å²) in [6.07, 6.45) is 12.7. The van der Waals surface area contributed by atoms with E-state index in [1.165, 1.54) is 11.1 Å². The molecule has 280 valence electrons. The van der Waals surface area contributed by atoms with Crippen LogP contribution in [-0.4, -0.2) is 53.0 Å². The summed E-state index contributed by atoms with van der Waals surface area (Å²) in [7, 11) is 0. The fraction of sp³-hybridized carbons (Fsp3) is 0.435. The number of nitrogens with two attached hydrogens (primary N) is 1. The Bertz CT molecular complexity index is 2170. The largest absolute Gasteiger partial charge is 0.504 e. The van der Waals surface area contributed by atoms with Gasteiger partial charge in [0, 0.05) is 64.4 Å².